The third-order valence-corrected chi connectivity index (χ3v) is 2.65. The number of carbonyl (C=O) groups excluding carboxylic acids is 1. The number of esters is 1. The van der Waals surface area contributed by atoms with Gasteiger partial charge < -0.3 is 9.47 Å². The van der Waals surface area contributed by atoms with Gasteiger partial charge in [0.05, 0.1) is 25.1 Å². The van der Waals surface area contributed by atoms with Gasteiger partial charge in [0.1, 0.15) is 0 Å². The van der Waals surface area contributed by atoms with Crippen molar-refractivity contribution >= 4 is 27.6 Å². The van der Waals surface area contributed by atoms with Crippen LogP contribution in [0.15, 0.2) is 16.6 Å². The molecule has 1 aromatic rings. The van der Waals surface area contributed by atoms with Crippen LogP contribution in [0, 0.1) is 17.0 Å². The summed E-state index contributed by atoms with van der Waals surface area (Å²) in [7, 11) is 1.27. The summed E-state index contributed by atoms with van der Waals surface area (Å²) in [6, 6.07) is 3.07. The van der Waals surface area contributed by atoms with Gasteiger partial charge in [-0.05, 0) is 18.6 Å². The van der Waals surface area contributed by atoms with Gasteiger partial charge in [0.15, 0.2) is 5.75 Å². The maximum Gasteiger partial charge on any atom is 0.312 e. The van der Waals surface area contributed by atoms with E-state index in [9.17, 15) is 14.9 Å². The maximum absolute atomic E-state index is 10.9. The molecule has 98 valence electrons. The highest BCUT2D eigenvalue weighted by Gasteiger charge is 2.19. The Balaban J connectivity index is 2.87. The molecule has 0 aromatic heterocycles. The van der Waals surface area contributed by atoms with Crippen LogP contribution in [0.2, 0.25) is 0 Å². The molecular formula is C11H12BrNO5. The van der Waals surface area contributed by atoms with Gasteiger partial charge in [-0.1, -0.05) is 15.9 Å². The second-order valence-electron chi connectivity index (χ2n) is 3.50. The van der Waals surface area contributed by atoms with Gasteiger partial charge >= 0.3 is 11.7 Å². The second kappa shape index (κ2) is 6.34. The molecule has 0 heterocycles. The van der Waals surface area contributed by atoms with Crippen LogP contribution in [0.25, 0.3) is 0 Å². The summed E-state index contributed by atoms with van der Waals surface area (Å²) < 4.78 is 10.4. The van der Waals surface area contributed by atoms with Gasteiger partial charge in [0.25, 0.3) is 0 Å². The highest BCUT2D eigenvalue weighted by Crippen LogP contribution is 2.34. The quantitative estimate of drug-likeness (QED) is 0.474. The average Bonchev–Trinajstić information content (AvgIpc) is 2.30. The number of aryl methyl sites for hydroxylation is 1. The Morgan fingerprint density at radius 3 is 2.72 bits per heavy atom. The van der Waals surface area contributed by atoms with E-state index >= 15 is 0 Å². The molecule has 0 unspecified atom stereocenters. The second-order valence-corrected chi connectivity index (χ2v) is 4.42. The van der Waals surface area contributed by atoms with E-state index in [0.29, 0.717) is 10.0 Å². The first kappa shape index (κ1) is 14.4. The summed E-state index contributed by atoms with van der Waals surface area (Å²) in [5.74, 6) is -0.250. The van der Waals surface area contributed by atoms with E-state index < -0.39 is 10.9 Å². The smallest absolute Gasteiger partial charge is 0.312 e. The molecule has 0 N–H and O–H groups in total. The molecule has 0 atom stereocenters. The standard InChI is InChI=1S/C11H12BrNO5/c1-7-5-8(12)6-9(13(15)16)11(7)18-4-3-10(14)17-2/h5-6H,3-4H2,1-2H3. The van der Waals surface area contributed by atoms with Crippen molar-refractivity contribution < 1.29 is 19.2 Å². The van der Waals surface area contributed by atoms with Crippen LogP contribution in [0.3, 0.4) is 0 Å². The molecule has 7 heteroatoms. The van der Waals surface area contributed by atoms with E-state index in [4.69, 9.17) is 4.74 Å². The molecule has 6 nitrogen and oxygen atoms in total. The lowest BCUT2D eigenvalue weighted by atomic mass is 10.2. The molecule has 18 heavy (non-hydrogen) atoms. The van der Waals surface area contributed by atoms with Gasteiger partial charge in [-0.25, -0.2) is 0 Å². The summed E-state index contributed by atoms with van der Waals surface area (Å²) in [6.07, 6.45) is 0.0448. The van der Waals surface area contributed by atoms with Crippen LogP contribution < -0.4 is 4.74 Å². The first-order valence-corrected chi connectivity index (χ1v) is 5.89. The Bertz CT molecular complexity index is 475. The normalized spacial score (nSPS) is 9.94. The predicted octanol–water partition coefficient (Wildman–Crippen LogP) is 2.61. The molecule has 0 saturated heterocycles. The zero-order valence-corrected chi connectivity index (χ0v) is 11.5. The van der Waals surface area contributed by atoms with E-state index in [-0.39, 0.29) is 24.5 Å². The lowest BCUT2D eigenvalue weighted by molar-refractivity contribution is -0.386. The van der Waals surface area contributed by atoms with Crippen molar-refractivity contribution in [3.8, 4) is 5.75 Å². The lowest BCUT2D eigenvalue weighted by Crippen LogP contribution is -2.09. The van der Waals surface area contributed by atoms with E-state index in [0.717, 1.165) is 0 Å². The zero-order valence-electron chi connectivity index (χ0n) is 9.94. The van der Waals surface area contributed by atoms with Crippen molar-refractivity contribution in [1.82, 2.24) is 0 Å². The third kappa shape index (κ3) is 3.69. The van der Waals surface area contributed by atoms with E-state index in [2.05, 4.69) is 20.7 Å². The fourth-order valence-corrected chi connectivity index (χ4v) is 1.93. The van der Waals surface area contributed by atoms with E-state index in [1.54, 1.807) is 13.0 Å². The Hall–Kier alpha value is -1.63. The molecular weight excluding hydrogens is 306 g/mol. The summed E-state index contributed by atoms with van der Waals surface area (Å²) in [4.78, 5) is 21.3. The van der Waals surface area contributed by atoms with Crippen molar-refractivity contribution in [2.45, 2.75) is 13.3 Å². The van der Waals surface area contributed by atoms with Crippen LogP contribution in [0.4, 0.5) is 5.69 Å². The van der Waals surface area contributed by atoms with Gasteiger partial charge in [0, 0.05) is 10.5 Å². The Labute approximate surface area is 112 Å². The monoisotopic (exact) mass is 317 g/mol. The Kier molecular flexibility index (Phi) is 5.08. The molecule has 0 bridgehead atoms. The van der Waals surface area contributed by atoms with Crippen LogP contribution >= 0.6 is 15.9 Å². The summed E-state index contributed by atoms with van der Waals surface area (Å²) in [5.41, 5.74) is 0.493. The van der Waals surface area contributed by atoms with Crippen LogP contribution in [-0.4, -0.2) is 24.6 Å². The highest BCUT2D eigenvalue weighted by atomic mass is 79.9. The predicted molar refractivity (Wildman–Crippen MR) is 67.7 cm³/mol. The van der Waals surface area contributed by atoms with Gasteiger partial charge in [0.2, 0.25) is 0 Å². The number of hydrogen-bond donors (Lipinski definition) is 0. The minimum absolute atomic E-state index is 0.0377. The first-order chi connectivity index (χ1) is 8.45. The minimum atomic E-state index is -0.523. The SMILES string of the molecule is COC(=O)CCOc1c(C)cc(Br)cc1[N+](=O)[O-]. The van der Waals surface area contributed by atoms with Crippen molar-refractivity contribution in [3.05, 3.63) is 32.3 Å². The Morgan fingerprint density at radius 1 is 1.50 bits per heavy atom. The van der Waals surface area contributed by atoms with Crippen LogP contribution in [-0.2, 0) is 9.53 Å². The molecule has 1 aromatic carbocycles. The number of benzene rings is 1. The third-order valence-electron chi connectivity index (χ3n) is 2.20. The van der Waals surface area contributed by atoms with Crippen molar-refractivity contribution in [2.75, 3.05) is 13.7 Å². The number of rotatable bonds is 5. The molecule has 0 amide bonds. The number of carbonyl (C=O) groups is 1. The molecule has 0 aliphatic carbocycles. The topological polar surface area (TPSA) is 78.7 Å². The fraction of sp³-hybridized carbons (Fsp3) is 0.364. The number of ether oxygens (including phenoxy) is 2. The zero-order chi connectivity index (χ0) is 13.7. The average molecular weight is 318 g/mol. The number of nitrogens with zero attached hydrogens (tertiary/aromatic N) is 1. The van der Waals surface area contributed by atoms with Crippen LogP contribution in [0.1, 0.15) is 12.0 Å². The molecule has 0 radical (unpaired) electrons. The van der Waals surface area contributed by atoms with Gasteiger partial charge in [-0.3, -0.25) is 14.9 Å². The van der Waals surface area contributed by atoms with Crippen molar-refractivity contribution in [1.29, 1.82) is 0 Å². The van der Waals surface area contributed by atoms with Crippen molar-refractivity contribution in [3.63, 3.8) is 0 Å². The summed E-state index contributed by atoms with van der Waals surface area (Å²) in [6.45, 7) is 1.74. The molecule has 0 aliphatic heterocycles. The summed E-state index contributed by atoms with van der Waals surface area (Å²) >= 11 is 3.18. The van der Waals surface area contributed by atoms with E-state index in [1.165, 1.54) is 13.2 Å². The minimum Gasteiger partial charge on any atom is -0.486 e. The van der Waals surface area contributed by atoms with Crippen molar-refractivity contribution in [2.24, 2.45) is 0 Å². The molecule has 1 rings (SSSR count). The molecule has 0 spiro atoms. The fourth-order valence-electron chi connectivity index (χ4n) is 1.37. The maximum atomic E-state index is 10.9. The number of hydrogen-bond acceptors (Lipinski definition) is 5. The number of methoxy groups -OCH3 is 1. The van der Waals surface area contributed by atoms with Crippen LogP contribution in [0.5, 0.6) is 5.75 Å². The first-order valence-electron chi connectivity index (χ1n) is 5.10. The van der Waals surface area contributed by atoms with Gasteiger partial charge in [-0.15, -0.1) is 0 Å². The largest absolute Gasteiger partial charge is 0.486 e. The number of halogens is 1. The lowest BCUT2D eigenvalue weighted by Gasteiger charge is -2.09. The Morgan fingerprint density at radius 2 is 2.17 bits per heavy atom. The van der Waals surface area contributed by atoms with E-state index in [1.807, 2.05) is 0 Å². The molecule has 0 aliphatic rings. The number of nitro benzene ring substituents is 1. The molecule has 0 fully saturated rings. The highest BCUT2D eigenvalue weighted by molar-refractivity contribution is 9.10. The molecule has 0 saturated carbocycles. The van der Waals surface area contributed by atoms with Gasteiger partial charge in [-0.2, -0.15) is 0 Å². The number of nitro groups is 1. The summed E-state index contributed by atoms with van der Waals surface area (Å²) in [5, 5.41) is 10.9.